The van der Waals surface area contributed by atoms with Gasteiger partial charge in [-0.3, -0.25) is 0 Å². The van der Waals surface area contributed by atoms with Crippen LogP contribution in [0.5, 0.6) is 0 Å². The lowest BCUT2D eigenvalue weighted by Gasteiger charge is -2.38. The van der Waals surface area contributed by atoms with Crippen LogP contribution in [0.25, 0.3) is 0 Å². The number of carbonyl (C=O) groups is 1. The van der Waals surface area contributed by atoms with E-state index < -0.39 is 23.6 Å². The second kappa shape index (κ2) is 4.24. The van der Waals surface area contributed by atoms with Crippen LogP contribution in [0.4, 0.5) is 13.2 Å². The van der Waals surface area contributed by atoms with E-state index in [1.165, 1.54) is 0 Å². The molecule has 1 saturated carbocycles. The average molecular weight is 239 g/mol. The maximum Gasteiger partial charge on any atom is 0.417 e. The first-order valence-electron chi connectivity index (χ1n) is 5.28. The Morgan fingerprint density at radius 3 is 2.00 bits per heavy atom. The zero-order valence-corrected chi connectivity index (χ0v) is 9.05. The number of aliphatic carboxylic acids is 1. The molecule has 0 aromatic rings. The molecule has 0 aliphatic heterocycles. The Morgan fingerprint density at radius 2 is 1.69 bits per heavy atom. The van der Waals surface area contributed by atoms with E-state index in [1.807, 2.05) is 6.92 Å². The minimum absolute atomic E-state index is 0.226. The number of halogens is 3. The molecule has 0 bridgehead atoms. The summed E-state index contributed by atoms with van der Waals surface area (Å²) in [6, 6.07) is 0. The normalized spacial score (nSPS) is 30.8. The van der Waals surface area contributed by atoms with Gasteiger partial charge >= 0.3 is 12.1 Å². The summed E-state index contributed by atoms with van der Waals surface area (Å²) in [6.07, 6.45) is -3.24. The van der Waals surface area contributed by atoms with Gasteiger partial charge in [-0.2, -0.15) is 13.2 Å². The van der Waals surface area contributed by atoms with Gasteiger partial charge in [0, 0.05) is 0 Å². The van der Waals surface area contributed by atoms with Crippen molar-refractivity contribution in [1.29, 1.82) is 0 Å². The molecule has 0 amide bonds. The number of alkyl halides is 3. The van der Waals surface area contributed by atoms with Crippen molar-refractivity contribution in [2.24, 2.45) is 17.6 Å². The number of carboxylic acid groups (broad SMARTS) is 1. The van der Waals surface area contributed by atoms with Crippen molar-refractivity contribution in [3.63, 3.8) is 0 Å². The number of rotatable bonds is 2. The molecule has 0 aromatic carbocycles. The molecule has 0 aromatic heterocycles. The molecule has 0 saturated heterocycles. The van der Waals surface area contributed by atoms with Gasteiger partial charge < -0.3 is 10.8 Å². The standard InChI is InChI=1S/C10H16F3NO2/c1-6-2-4-7(5-3-6)9(14,8(15)16)10(11,12)13/h6-7H,2-5,14H2,1H3,(H,15,16). The molecule has 3 nitrogen and oxygen atoms in total. The summed E-state index contributed by atoms with van der Waals surface area (Å²) in [6.45, 7) is 1.95. The highest BCUT2D eigenvalue weighted by molar-refractivity contribution is 5.80. The van der Waals surface area contributed by atoms with Crippen molar-refractivity contribution in [3.05, 3.63) is 0 Å². The Bertz CT molecular complexity index is 272. The van der Waals surface area contributed by atoms with Gasteiger partial charge in [-0.1, -0.05) is 19.8 Å². The van der Waals surface area contributed by atoms with Crippen LogP contribution >= 0.6 is 0 Å². The van der Waals surface area contributed by atoms with Crippen molar-refractivity contribution < 1.29 is 23.1 Å². The van der Waals surface area contributed by atoms with E-state index in [0.29, 0.717) is 18.8 Å². The fourth-order valence-corrected chi connectivity index (χ4v) is 2.24. The second-order valence-electron chi connectivity index (χ2n) is 4.63. The third-order valence-corrected chi connectivity index (χ3v) is 3.48. The molecule has 94 valence electrons. The zero-order chi connectivity index (χ0) is 12.6. The quantitative estimate of drug-likeness (QED) is 0.776. The van der Waals surface area contributed by atoms with Gasteiger partial charge in [-0.15, -0.1) is 0 Å². The van der Waals surface area contributed by atoms with E-state index in [0.717, 1.165) is 0 Å². The highest BCUT2D eigenvalue weighted by Gasteiger charge is 2.62. The van der Waals surface area contributed by atoms with Gasteiger partial charge in [0.25, 0.3) is 0 Å². The Labute approximate surface area is 91.8 Å². The van der Waals surface area contributed by atoms with Gasteiger partial charge in [-0.05, 0) is 24.7 Å². The van der Waals surface area contributed by atoms with E-state index in [2.05, 4.69) is 0 Å². The molecule has 1 aliphatic rings. The zero-order valence-electron chi connectivity index (χ0n) is 9.05. The predicted molar refractivity (Wildman–Crippen MR) is 51.7 cm³/mol. The van der Waals surface area contributed by atoms with Gasteiger partial charge in [0.15, 0.2) is 0 Å². The van der Waals surface area contributed by atoms with Crippen molar-refractivity contribution >= 4 is 5.97 Å². The van der Waals surface area contributed by atoms with Crippen LogP contribution < -0.4 is 5.73 Å². The maximum atomic E-state index is 12.7. The molecular formula is C10H16F3NO2. The lowest BCUT2D eigenvalue weighted by molar-refractivity contribution is -0.215. The molecule has 0 spiro atoms. The number of carboxylic acids is 1. The van der Waals surface area contributed by atoms with Gasteiger partial charge in [0.05, 0.1) is 0 Å². The summed E-state index contributed by atoms with van der Waals surface area (Å²) in [5.41, 5.74) is 2.02. The fraction of sp³-hybridized carbons (Fsp3) is 0.900. The van der Waals surface area contributed by atoms with Crippen LogP contribution in [0, 0.1) is 11.8 Å². The van der Waals surface area contributed by atoms with Crippen molar-refractivity contribution in [3.8, 4) is 0 Å². The molecular weight excluding hydrogens is 223 g/mol. The van der Waals surface area contributed by atoms with Crippen molar-refractivity contribution in [2.45, 2.75) is 44.3 Å². The third kappa shape index (κ3) is 2.16. The highest BCUT2D eigenvalue weighted by Crippen LogP contribution is 2.42. The first kappa shape index (κ1) is 13.3. The number of hydrogen-bond donors (Lipinski definition) is 2. The van der Waals surface area contributed by atoms with Crippen LogP contribution in [-0.2, 0) is 4.79 Å². The summed E-state index contributed by atoms with van der Waals surface area (Å²) >= 11 is 0. The minimum atomic E-state index is -4.90. The first-order valence-corrected chi connectivity index (χ1v) is 5.28. The minimum Gasteiger partial charge on any atom is -0.480 e. The summed E-state index contributed by atoms with van der Waals surface area (Å²) in [5, 5.41) is 8.74. The predicted octanol–water partition coefficient (Wildman–Crippen LogP) is 2.16. The van der Waals surface area contributed by atoms with E-state index in [-0.39, 0.29) is 12.8 Å². The molecule has 0 heterocycles. The lowest BCUT2D eigenvalue weighted by atomic mass is 9.72. The average Bonchev–Trinajstić information content (AvgIpc) is 2.15. The molecule has 1 aliphatic carbocycles. The van der Waals surface area contributed by atoms with Gasteiger partial charge in [0.2, 0.25) is 5.54 Å². The van der Waals surface area contributed by atoms with Crippen molar-refractivity contribution in [2.75, 3.05) is 0 Å². The summed E-state index contributed by atoms with van der Waals surface area (Å²) < 4.78 is 38.2. The summed E-state index contributed by atoms with van der Waals surface area (Å²) in [5.74, 6) is -2.64. The maximum absolute atomic E-state index is 12.7. The fourth-order valence-electron chi connectivity index (χ4n) is 2.24. The van der Waals surface area contributed by atoms with E-state index in [4.69, 9.17) is 10.8 Å². The number of nitrogens with two attached hydrogens (primary N) is 1. The Balaban J connectivity index is 2.91. The molecule has 1 rings (SSSR count). The molecule has 16 heavy (non-hydrogen) atoms. The SMILES string of the molecule is CC1CCC(C(N)(C(=O)O)C(F)(F)F)CC1. The van der Waals surface area contributed by atoms with Crippen LogP contribution in [-0.4, -0.2) is 22.8 Å². The smallest absolute Gasteiger partial charge is 0.417 e. The summed E-state index contributed by atoms with van der Waals surface area (Å²) in [7, 11) is 0. The first-order chi connectivity index (χ1) is 7.19. The van der Waals surface area contributed by atoms with Crippen molar-refractivity contribution in [1.82, 2.24) is 0 Å². The Kier molecular flexibility index (Phi) is 3.52. The number of hydrogen-bond acceptors (Lipinski definition) is 2. The topological polar surface area (TPSA) is 63.3 Å². The Morgan fingerprint density at radius 1 is 1.25 bits per heavy atom. The Hall–Kier alpha value is -0.780. The van der Waals surface area contributed by atoms with Crippen LogP contribution in [0.1, 0.15) is 32.6 Å². The van der Waals surface area contributed by atoms with Gasteiger partial charge in [0.1, 0.15) is 0 Å². The molecule has 1 fully saturated rings. The van der Waals surface area contributed by atoms with Gasteiger partial charge in [-0.25, -0.2) is 4.79 Å². The molecule has 0 radical (unpaired) electrons. The molecule has 6 heteroatoms. The largest absolute Gasteiger partial charge is 0.480 e. The van der Waals surface area contributed by atoms with Crippen LogP contribution in [0.15, 0.2) is 0 Å². The van der Waals surface area contributed by atoms with E-state index in [9.17, 15) is 18.0 Å². The van der Waals surface area contributed by atoms with Crippen LogP contribution in [0.2, 0.25) is 0 Å². The van der Waals surface area contributed by atoms with Crippen LogP contribution in [0.3, 0.4) is 0 Å². The molecule has 1 atom stereocenters. The van der Waals surface area contributed by atoms with E-state index >= 15 is 0 Å². The second-order valence-corrected chi connectivity index (χ2v) is 4.63. The highest BCUT2D eigenvalue weighted by atomic mass is 19.4. The summed E-state index contributed by atoms with van der Waals surface area (Å²) in [4.78, 5) is 10.8. The van der Waals surface area contributed by atoms with E-state index in [1.54, 1.807) is 0 Å². The monoisotopic (exact) mass is 239 g/mol. The third-order valence-electron chi connectivity index (χ3n) is 3.48. The molecule has 1 unspecified atom stereocenters. The molecule has 3 N–H and O–H groups in total. The lowest BCUT2D eigenvalue weighted by Crippen LogP contribution is -2.64.